The van der Waals surface area contributed by atoms with Crippen molar-refractivity contribution in [3.8, 4) is 0 Å². The van der Waals surface area contributed by atoms with Gasteiger partial charge in [-0.3, -0.25) is 0 Å². The van der Waals surface area contributed by atoms with E-state index in [9.17, 15) is 4.79 Å². The Morgan fingerprint density at radius 3 is 2.52 bits per heavy atom. The van der Waals surface area contributed by atoms with Gasteiger partial charge in [0.15, 0.2) is 0 Å². The van der Waals surface area contributed by atoms with Crippen LogP contribution >= 0.6 is 0 Å². The second kappa shape index (κ2) is 12.3. The molecule has 0 aliphatic carbocycles. The summed E-state index contributed by atoms with van der Waals surface area (Å²) >= 11 is 0. The van der Waals surface area contributed by atoms with Crippen molar-refractivity contribution in [1.82, 2.24) is 0 Å². The van der Waals surface area contributed by atoms with E-state index in [1.807, 2.05) is 13.0 Å². The van der Waals surface area contributed by atoms with Crippen molar-refractivity contribution >= 4 is 5.97 Å². The molecule has 0 fully saturated rings. The second-order valence-corrected chi connectivity index (χ2v) is 6.65. The van der Waals surface area contributed by atoms with Gasteiger partial charge in [-0.1, -0.05) is 31.9 Å². The van der Waals surface area contributed by atoms with E-state index < -0.39 is 0 Å². The minimum atomic E-state index is -0.320. The van der Waals surface area contributed by atoms with Gasteiger partial charge in [-0.15, -0.1) is 0 Å². The first-order valence-electron chi connectivity index (χ1n) is 8.36. The van der Waals surface area contributed by atoms with Gasteiger partial charge in [0, 0.05) is 20.3 Å². The average Bonchev–Trinajstić information content (AvgIpc) is 2.47. The van der Waals surface area contributed by atoms with Crippen molar-refractivity contribution in [3.63, 3.8) is 0 Å². The smallest absolute Gasteiger partial charge is 0.331 e. The van der Waals surface area contributed by atoms with Gasteiger partial charge < -0.3 is 14.2 Å². The van der Waals surface area contributed by atoms with Crippen LogP contribution in [0.25, 0.3) is 0 Å². The molecule has 0 aromatic rings. The molecule has 0 heterocycles. The number of hydrogen-bond acceptors (Lipinski definition) is 4. The van der Waals surface area contributed by atoms with Crippen molar-refractivity contribution in [1.29, 1.82) is 0 Å². The van der Waals surface area contributed by atoms with E-state index in [-0.39, 0.29) is 18.2 Å². The highest BCUT2D eigenvalue weighted by atomic mass is 16.6. The van der Waals surface area contributed by atoms with Crippen molar-refractivity contribution in [2.45, 2.75) is 59.0 Å². The number of hydrogen-bond donors (Lipinski definition) is 0. The summed E-state index contributed by atoms with van der Waals surface area (Å²) in [6, 6.07) is 0. The van der Waals surface area contributed by atoms with Gasteiger partial charge in [0.05, 0.1) is 12.2 Å². The van der Waals surface area contributed by atoms with Crippen LogP contribution in [0.2, 0.25) is 0 Å². The lowest BCUT2D eigenvalue weighted by molar-refractivity contribution is -0.139. The van der Waals surface area contributed by atoms with Gasteiger partial charge in [0.1, 0.15) is 6.61 Å². The first kappa shape index (κ1) is 21.9. The monoisotopic (exact) mass is 326 g/mol. The van der Waals surface area contributed by atoms with Crippen LogP contribution in [0, 0.1) is 5.92 Å². The van der Waals surface area contributed by atoms with Crippen LogP contribution in [0.1, 0.15) is 53.4 Å². The average molecular weight is 326 g/mol. The van der Waals surface area contributed by atoms with Gasteiger partial charge in [0.25, 0.3) is 0 Å². The van der Waals surface area contributed by atoms with Crippen LogP contribution in [0.5, 0.6) is 0 Å². The van der Waals surface area contributed by atoms with E-state index in [0.29, 0.717) is 12.5 Å². The minimum absolute atomic E-state index is 0.0297. The van der Waals surface area contributed by atoms with Crippen molar-refractivity contribution in [3.05, 3.63) is 23.8 Å². The summed E-state index contributed by atoms with van der Waals surface area (Å²) in [6.07, 6.45) is 10.0. The summed E-state index contributed by atoms with van der Waals surface area (Å²) in [5, 5.41) is 0. The predicted octanol–water partition coefficient (Wildman–Crippen LogP) is 4.30. The standard InChI is InChI=1S/C19H34O4/c1-16(11-8-12-19(3,4)22-6)9-7-10-17(2)15-18(20)23-14-13-21-5/h7,10,15-16H,8-9,11-14H2,1-6H3. The first-order valence-corrected chi connectivity index (χ1v) is 8.36. The maximum atomic E-state index is 11.5. The van der Waals surface area contributed by atoms with Gasteiger partial charge in [-0.05, 0) is 45.1 Å². The maximum Gasteiger partial charge on any atom is 0.331 e. The Balaban J connectivity index is 3.99. The Morgan fingerprint density at radius 1 is 1.22 bits per heavy atom. The highest BCUT2D eigenvalue weighted by Crippen LogP contribution is 2.20. The van der Waals surface area contributed by atoms with E-state index in [4.69, 9.17) is 14.2 Å². The fourth-order valence-electron chi connectivity index (χ4n) is 2.08. The molecule has 0 aromatic heterocycles. The van der Waals surface area contributed by atoms with E-state index in [0.717, 1.165) is 24.8 Å². The number of ether oxygens (including phenoxy) is 3. The third-order valence-electron chi connectivity index (χ3n) is 3.82. The number of carbonyl (C=O) groups excluding carboxylic acids is 1. The number of esters is 1. The van der Waals surface area contributed by atoms with E-state index in [2.05, 4.69) is 26.8 Å². The summed E-state index contributed by atoms with van der Waals surface area (Å²) in [5.74, 6) is 0.305. The van der Waals surface area contributed by atoms with Crippen LogP contribution in [0.3, 0.4) is 0 Å². The van der Waals surface area contributed by atoms with Gasteiger partial charge >= 0.3 is 5.97 Å². The highest BCUT2D eigenvalue weighted by Gasteiger charge is 2.15. The van der Waals surface area contributed by atoms with Gasteiger partial charge in [-0.2, -0.15) is 0 Å². The molecule has 0 aliphatic rings. The summed E-state index contributed by atoms with van der Waals surface area (Å²) in [7, 11) is 3.34. The third kappa shape index (κ3) is 13.0. The van der Waals surface area contributed by atoms with Crippen LogP contribution < -0.4 is 0 Å². The van der Waals surface area contributed by atoms with E-state index in [1.165, 1.54) is 12.5 Å². The minimum Gasteiger partial charge on any atom is -0.460 e. The van der Waals surface area contributed by atoms with E-state index >= 15 is 0 Å². The maximum absolute atomic E-state index is 11.5. The molecule has 0 rings (SSSR count). The Hall–Kier alpha value is -1.13. The lowest BCUT2D eigenvalue weighted by atomic mass is 9.95. The molecule has 0 aromatic carbocycles. The molecule has 1 atom stereocenters. The summed E-state index contributed by atoms with van der Waals surface area (Å²) < 4.78 is 15.3. The van der Waals surface area contributed by atoms with Crippen LogP contribution in [0.4, 0.5) is 0 Å². The molecule has 1 unspecified atom stereocenters. The molecule has 0 saturated heterocycles. The molecular weight excluding hydrogens is 292 g/mol. The number of carbonyl (C=O) groups is 1. The zero-order chi connectivity index (χ0) is 17.7. The largest absolute Gasteiger partial charge is 0.460 e. The predicted molar refractivity (Wildman–Crippen MR) is 94.5 cm³/mol. The normalized spacial score (nSPS) is 14.3. The van der Waals surface area contributed by atoms with Gasteiger partial charge in [0.2, 0.25) is 0 Å². The molecule has 0 aliphatic heterocycles. The Morgan fingerprint density at radius 2 is 1.91 bits per heavy atom. The fraction of sp³-hybridized carbons (Fsp3) is 0.737. The molecule has 134 valence electrons. The van der Waals surface area contributed by atoms with Crippen molar-refractivity contribution in [2.75, 3.05) is 27.4 Å². The Kier molecular flexibility index (Phi) is 11.7. The molecule has 4 heteroatoms. The Labute approximate surface area is 141 Å². The fourth-order valence-corrected chi connectivity index (χ4v) is 2.08. The quantitative estimate of drug-likeness (QED) is 0.232. The zero-order valence-corrected chi connectivity index (χ0v) is 15.7. The lowest BCUT2D eigenvalue weighted by Crippen LogP contribution is -2.22. The summed E-state index contributed by atoms with van der Waals surface area (Å²) in [6.45, 7) is 9.11. The lowest BCUT2D eigenvalue weighted by Gasteiger charge is -2.23. The number of allylic oxidation sites excluding steroid dienone is 3. The molecule has 0 N–H and O–H groups in total. The van der Waals surface area contributed by atoms with Crippen molar-refractivity contribution < 1.29 is 19.0 Å². The third-order valence-corrected chi connectivity index (χ3v) is 3.82. The van der Waals surface area contributed by atoms with Crippen LogP contribution in [0.15, 0.2) is 23.8 Å². The Bertz CT molecular complexity index is 383. The van der Waals surface area contributed by atoms with Crippen LogP contribution in [-0.2, 0) is 19.0 Å². The van der Waals surface area contributed by atoms with E-state index in [1.54, 1.807) is 14.2 Å². The molecule has 0 saturated carbocycles. The number of methoxy groups -OCH3 is 2. The molecule has 4 nitrogen and oxygen atoms in total. The van der Waals surface area contributed by atoms with Crippen molar-refractivity contribution in [2.24, 2.45) is 5.92 Å². The number of rotatable bonds is 12. The first-order chi connectivity index (χ1) is 10.8. The summed E-state index contributed by atoms with van der Waals surface area (Å²) in [5.41, 5.74) is 0.873. The molecular formula is C19H34O4. The molecule has 0 bridgehead atoms. The summed E-state index contributed by atoms with van der Waals surface area (Å²) in [4.78, 5) is 11.5. The molecule has 0 radical (unpaired) electrons. The molecule has 23 heavy (non-hydrogen) atoms. The zero-order valence-electron chi connectivity index (χ0n) is 15.7. The second-order valence-electron chi connectivity index (χ2n) is 6.65. The molecule has 0 spiro atoms. The van der Waals surface area contributed by atoms with Crippen LogP contribution in [-0.4, -0.2) is 39.0 Å². The topological polar surface area (TPSA) is 44.8 Å². The van der Waals surface area contributed by atoms with Gasteiger partial charge in [-0.25, -0.2) is 4.79 Å². The SMILES string of the molecule is COCCOC(=O)C=C(C)C=CCC(C)CCCC(C)(C)OC. The molecule has 0 amide bonds. The highest BCUT2D eigenvalue weighted by molar-refractivity contribution is 5.83.